The quantitative estimate of drug-likeness (QED) is 0.162. The zero-order valence-corrected chi connectivity index (χ0v) is 44.8. The van der Waals surface area contributed by atoms with Gasteiger partial charge in [0.05, 0.1) is 31.9 Å². The summed E-state index contributed by atoms with van der Waals surface area (Å²) >= 11 is 0. The summed E-state index contributed by atoms with van der Waals surface area (Å²) in [7, 11) is 0. The van der Waals surface area contributed by atoms with Gasteiger partial charge in [0.2, 0.25) is 0 Å². The third-order valence-corrected chi connectivity index (χ3v) is 12.9. The summed E-state index contributed by atoms with van der Waals surface area (Å²) in [5.41, 5.74) is 10.7. The smallest absolute Gasteiger partial charge is 0.148 e. The van der Waals surface area contributed by atoms with Gasteiger partial charge in [-0.15, -0.1) is 29.3 Å². The SMILES string of the molecule is [2H]c1nc(-c2[c-]c(-c3cccc4c3nc(-c3cc(C(C)(C)C)cc(C(C)(C)C)c3O)n4-c3cc(-c4ccccc4)c(C(C)(C)C)cc3-c3ccccc3)cc(C(C)(C)C)c2)c([2H])c(-c2c([2H])c([2H])c(C)c([2H])c2[2H])c1[2H].[Pt]. The van der Waals surface area contributed by atoms with E-state index >= 15 is 0 Å². The van der Waals surface area contributed by atoms with Gasteiger partial charge < -0.3 is 5.11 Å². The number of imidazole rings is 1. The van der Waals surface area contributed by atoms with Crippen molar-refractivity contribution in [1.29, 1.82) is 0 Å². The van der Waals surface area contributed by atoms with E-state index in [1.165, 1.54) is 12.5 Å². The first-order chi connectivity index (χ1) is 35.5. The van der Waals surface area contributed by atoms with Gasteiger partial charge in [0.1, 0.15) is 11.6 Å². The number of aromatic hydroxyl groups is 1. The molecule has 2 aromatic heterocycles. The molecule has 0 aliphatic heterocycles. The van der Waals surface area contributed by atoms with E-state index in [1.807, 2.05) is 30.3 Å². The van der Waals surface area contributed by atoms with E-state index in [4.69, 9.17) is 13.2 Å². The van der Waals surface area contributed by atoms with E-state index in [0.29, 0.717) is 33.6 Å². The molecule has 0 radical (unpaired) electrons. The van der Waals surface area contributed by atoms with Crippen LogP contribution in [0.5, 0.6) is 5.75 Å². The summed E-state index contributed by atoms with van der Waals surface area (Å²) in [5.74, 6) is 0.674. The van der Waals surface area contributed by atoms with Crippen LogP contribution in [0.25, 0.3) is 83.9 Å². The molecule has 4 nitrogen and oxygen atoms in total. The molecule has 0 bridgehead atoms. The Morgan fingerprint density at radius 2 is 1.11 bits per heavy atom. The molecule has 9 rings (SSSR count). The molecule has 0 amide bonds. The second-order valence-corrected chi connectivity index (χ2v) is 22.4. The fourth-order valence-corrected chi connectivity index (χ4v) is 9.00. The normalized spacial score (nSPS) is 13.7. The Hall–Kier alpha value is -6.35. The third-order valence-electron chi connectivity index (χ3n) is 12.9. The fourth-order valence-electron chi connectivity index (χ4n) is 9.00. The minimum absolute atomic E-state index is 0. The van der Waals surface area contributed by atoms with Gasteiger partial charge >= 0.3 is 0 Å². The molecule has 0 fully saturated rings. The first kappa shape index (κ1) is 41.4. The zero-order valence-electron chi connectivity index (χ0n) is 49.6. The van der Waals surface area contributed by atoms with Crippen molar-refractivity contribution in [1.82, 2.24) is 14.5 Å². The topological polar surface area (TPSA) is 50.9 Å². The number of fused-ring (bicyclic) bond motifs is 1. The summed E-state index contributed by atoms with van der Waals surface area (Å²) in [6.45, 7) is 27.3. The molecule has 0 saturated heterocycles. The van der Waals surface area contributed by atoms with Gasteiger partial charge in [0, 0.05) is 44.1 Å². The van der Waals surface area contributed by atoms with Crippen LogP contribution >= 0.6 is 0 Å². The Morgan fingerprint density at radius 3 is 1.71 bits per heavy atom. The third kappa shape index (κ3) is 9.86. The summed E-state index contributed by atoms with van der Waals surface area (Å²) in [5, 5.41) is 12.8. The number of phenols is 1. The number of hydrogen-bond donors (Lipinski definition) is 1. The number of phenolic OH excluding ortho intramolecular Hbond substituents is 1. The predicted octanol–water partition coefficient (Wildman–Crippen LogP) is 17.4. The second-order valence-electron chi connectivity index (χ2n) is 22.4. The number of rotatable bonds is 7. The number of hydrogen-bond acceptors (Lipinski definition) is 3. The predicted molar refractivity (Wildman–Crippen MR) is 292 cm³/mol. The van der Waals surface area contributed by atoms with Gasteiger partial charge in [0.15, 0.2) is 0 Å². The van der Waals surface area contributed by atoms with Gasteiger partial charge in [-0.1, -0.05) is 209 Å². The monoisotopic (exact) mass is 1110 g/mol. The molecule has 358 valence electrons. The Kier molecular flexibility index (Phi) is 11.1. The van der Waals surface area contributed by atoms with Gasteiger partial charge in [-0.25, -0.2) is 4.98 Å². The molecule has 0 spiro atoms. The molecule has 0 aliphatic carbocycles. The molecular formula is C65H66N3OPt-. The van der Waals surface area contributed by atoms with Crippen LogP contribution in [0, 0.1) is 13.0 Å². The molecule has 70 heavy (non-hydrogen) atoms. The number of nitrogens with zero attached hydrogens (tertiary/aromatic N) is 3. The van der Waals surface area contributed by atoms with E-state index in [-0.39, 0.29) is 78.2 Å². The first-order valence-electron chi connectivity index (χ1n) is 27.3. The summed E-state index contributed by atoms with van der Waals surface area (Å²) in [4.78, 5) is 10.2. The van der Waals surface area contributed by atoms with Crippen molar-refractivity contribution in [3.05, 3.63) is 192 Å². The van der Waals surface area contributed by atoms with E-state index in [1.54, 1.807) is 0 Å². The number of aromatic nitrogens is 3. The van der Waals surface area contributed by atoms with E-state index in [9.17, 15) is 6.48 Å². The van der Waals surface area contributed by atoms with Crippen LogP contribution in [0.1, 0.15) is 120 Å². The maximum atomic E-state index is 12.8. The van der Waals surface area contributed by atoms with Crippen molar-refractivity contribution in [2.24, 2.45) is 0 Å². The molecule has 2 heterocycles. The van der Waals surface area contributed by atoms with Gasteiger partial charge in [-0.05, 0) is 97.8 Å². The van der Waals surface area contributed by atoms with Crippen molar-refractivity contribution in [3.8, 4) is 78.6 Å². The van der Waals surface area contributed by atoms with Crippen LogP contribution in [-0.2, 0) is 42.7 Å². The number of benzene rings is 7. The molecule has 0 saturated carbocycles. The van der Waals surface area contributed by atoms with Crippen molar-refractivity contribution in [3.63, 3.8) is 0 Å². The molecule has 0 unspecified atom stereocenters. The zero-order chi connectivity index (χ0) is 55.3. The standard InChI is InChI=1S/C65H66N3O.Pt/c1-41-27-29-42(30-28-41)45-31-32-66-56(36-45)47-33-46(34-48(35-47)62(2,3)4)50-25-20-26-57-59(50)67-61(53-37-49(63(5,6)7)38-55(60(53)69)65(11,12)13)68(57)58-40-51(43-21-16-14-17-22-43)54(64(8,9)10)39-52(58)44-23-18-15-19-24-44;/h14-32,34-40,69H,1-13H3;/q-1;/i27D,28D,29D,30D,31D,32D,36D;. The Morgan fingerprint density at radius 1 is 0.529 bits per heavy atom. The van der Waals surface area contributed by atoms with E-state index in [0.717, 1.165) is 50.1 Å². The second kappa shape index (κ2) is 18.8. The van der Waals surface area contributed by atoms with Crippen LogP contribution in [-0.4, -0.2) is 19.6 Å². The minimum atomic E-state index is -0.478. The first-order valence-corrected chi connectivity index (χ1v) is 23.8. The van der Waals surface area contributed by atoms with Crippen molar-refractivity contribution in [2.75, 3.05) is 0 Å². The van der Waals surface area contributed by atoms with Crippen LogP contribution in [0.3, 0.4) is 0 Å². The number of pyridine rings is 1. The van der Waals surface area contributed by atoms with Crippen molar-refractivity contribution >= 4 is 11.0 Å². The average molecular weight is 1110 g/mol. The Bertz CT molecular complexity index is 3760. The summed E-state index contributed by atoms with van der Waals surface area (Å²) in [6, 6.07) is 41.0. The van der Waals surface area contributed by atoms with Crippen molar-refractivity contribution in [2.45, 2.75) is 112 Å². The minimum Gasteiger partial charge on any atom is -0.507 e. The molecule has 5 heteroatoms. The van der Waals surface area contributed by atoms with Crippen molar-refractivity contribution < 1.29 is 35.8 Å². The maximum Gasteiger partial charge on any atom is 0.148 e. The molecule has 9 aromatic rings. The molecular weight excluding hydrogens is 1030 g/mol. The van der Waals surface area contributed by atoms with Gasteiger partial charge in [-0.3, -0.25) is 9.55 Å². The van der Waals surface area contributed by atoms with Crippen LogP contribution in [0.4, 0.5) is 0 Å². The van der Waals surface area contributed by atoms with Gasteiger partial charge in [-0.2, -0.15) is 0 Å². The maximum absolute atomic E-state index is 12.8. The van der Waals surface area contributed by atoms with E-state index < -0.39 is 35.1 Å². The largest absolute Gasteiger partial charge is 0.507 e. The molecule has 1 N–H and O–H groups in total. The molecule has 0 aliphatic rings. The molecule has 7 aromatic carbocycles. The number of para-hydroxylation sites is 1. The van der Waals surface area contributed by atoms with Crippen LogP contribution in [0.2, 0.25) is 0 Å². The Balaban J connectivity index is 0.00000784. The Labute approximate surface area is 441 Å². The fraction of sp³-hybridized carbons (Fsp3) is 0.262. The molecule has 0 atom stereocenters. The van der Waals surface area contributed by atoms with Crippen LogP contribution in [0.15, 0.2) is 158 Å². The van der Waals surface area contributed by atoms with Crippen LogP contribution < -0.4 is 0 Å². The summed E-state index contributed by atoms with van der Waals surface area (Å²) in [6.07, 6.45) is -0.478. The summed E-state index contributed by atoms with van der Waals surface area (Å²) < 4.78 is 64.8. The van der Waals surface area contributed by atoms with E-state index in [2.05, 4.69) is 184 Å². The average Bonchev–Trinajstić information content (AvgIpc) is 3.82. The van der Waals surface area contributed by atoms with Gasteiger partial charge in [0.25, 0.3) is 0 Å².